The molecule has 3 heterocycles. The molecular weight excluding hydrogens is 328 g/mol. The van der Waals surface area contributed by atoms with Crippen LogP contribution in [0.25, 0.3) is 0 Å². The Hall–Kier alpha value is -2.12. The molecule has 1 aliphatic rings. The Labute approximate surface area is 144 Å². The van der Waals surface area contributed by atoms with E-state index >= 15 is 0 Å². The zero-order chi connectivity index (χ0) is 17.1. The number of aliphatic hydroxyl groups excluding tert-OH is 1. The van der Waals surface area contributed by atoms with Crippen LogP contribution < -0.4 is 5.32 Å². The van der Waals surface area contributed by atoms with Gasteiger partial charge < -0.3 is 19.7 Å². The number of rotatable bonds is 4. The molecule has 1 fully saturated rings. The molecule has 0 radical (unpaired) electrons. The van der Waals surface area contributed by atoms with Crippen LogP contribution in [-0.4, -0.2) is 41.0 Å². The largest absolute Gasteiger partial charge is 0.459 e. The van der Waals surface area contributed by atoms with Crippen LogP contribution in [0.5, 0.6) is 0 Å². The number of nitrogens with zero attached hydrogens (tertiary/aromatic N) is 1. The lowest BCUT2D eigenvalue weighted by Crippen LogP contribution is -2.46. The number of likely N-dealkylation sites (tertiary alicyclic amines) is 1. The molecular formula is C17H20N2O4S. The van der Waals surface area contributed by atoms with Crippen molar-refractivity contribution in [3.05, 3.63) is 41.2 Å². The molecule has 1 saturated heterocycles. The summed E-state index contributed by atoms with van der Waals surface area (Å²) < 4.78 is 5.05. The predicted octanol–water partition coefficient (Wildman–Crippen LogP) is 2.83. The third kappa shape index (κ3) is 3.52. The first-order chi connectivity index (χ1) is 11.6. The summed E-state index contributed by atoms with van der Waals surface area (Å²) >= 11 is 1.24. The average molecular weight is 348 g/mol. The highest BCUT2D eigenvalue weighted by molar-refractivity contribution is 7.18. The Balaban J connectivity index is 1.68. The number of carbonyl (C=O) groups is 2. The lowest BCUT2D eigenvalue weighted by atomic mass is 9.94. The molecule has 7 heteroatoms. The van der Waals surface area contributed by atoms with Crippen LogP contribution in [-0.2, 0) is 0 Å². The SMILES string of the molecule is CC1CCC(CO)CN1C(=O)c1ccc(NC(=O)c2ccco2)s1. The fourth-order valence-electron chi connectivity index (χ4n) is 2.86. The number of hydrogen-bond acceptors (Lipinski definition) is 5. The van der Waals surface area contributed by atoms with E-state index in [2.05, 4.69) is 5.32 Å². The Morgan fingerprint density at radius 3 is 2.92 bits per heavy atom. The summed E-state index contributed by atoms with van der Waals surface area (Å²) in [6.07, 6.45) is 3.27. The second kappa shape index (κ2) is 7.19. The van der Waals surface area contributed by atoms with E-state index < -0.39 is 0 Å². The normalized spacial score (nSPS) is 20.8. The molecule has 2 aromatic heterocycles. The van der Waals surface area contributed by atoms with Gasteiger partial charge in [0.15, 0.2) is 5.76 Å². The number of anilines is 1. The van der Waals surface area contributed by atoms with Crippen molar-refractivity contribution in [2.75, 3.05) is 18.5 Å². The predicted molar refractivity (Wildman–Crippen MR) is 91.3 cm³/mol. The van der Waals surface area contributed by atoms with Gasteiger partial charge in [-0.1, -0.05) is 0 Å². The molecule has 2 N–H and O–H groups in total. The molecule has 2 aromatic rings. The maximum Gasteiger partial charge on any atom is 0.291 e. The number of hydrogen-bond donors (Lipinski definition) is 2. The van der Waals surface area contributed by atoms with Gasteiger partial charge in [-0.15, -0.1) is 11.3 Å². The minimum atomic E-state index is -0.340. The minimum absolute atomic E-state index is 0.0517. The van der Waals surface area contributed by atoms with Gasteiger partial charge in [-0.25, -0.2) is 0 Å². The third-order valence-electron chi connectivity index (χ3n) is 4.30. The molecule has 3 rings (SSSR count). The van der Waals surface area contributed by atoms with Gasteiger partial charge in [0.1, 0.15) is 0 Å². The molecule has 24 heavy (non-hydrogen) atoms. The van der Waals surface area contributed by atoms with Crippen molar-refractivity contribution in [1.29, 1.82) is 0 Å². The van der Waals surface area contributed by atoms with Gasteiger partial charge in [-0.2, -0.15) is 0 Å². The highest BCUT2D eigenvalue weighted by Gasteiger charge is 2.30. The topological polar surface area (TPSA) is 82.8 Å². The number of aliphatic hydroxyl groups is 1. The van der Waals surface area contributed by atoms with Crippen molar-refractivity contribution in [2.24, 2.45) is 5.92 Å². The van der Waals surface area contributed by atoms with E-state index in [0.29, 0.717) is 16.4 Å². The Kier molecular flexibility index (Phi) is 5.01. The summed E-state index contributed by atoms with van der Waals surface area (Å²) in [7, 11) is 0. The van der Waals surface area contributed by atoms with Gasteiger partial charge in [0.25, 0.3) is 11.8 Å². The molecule has 0 bridgehead atoms. The van der Waals surface area contributed by atoms with E-state index in [4.69, 9.17) is 4.42 Å². The van der Waals surface area contributed by atoms with Crippen LogP contribution in [0.3, 0.4) is 0 Å². The number of furan rings is 1. The summed E-state index contributed by atoms with van der Waals surface area (Å²) in [6, 6.07) is 6.83. The number of amides is 2. The van der Waals surface area contributed by atoms with E-state index in [1.54, 1.807) is 24.3 Å². The van der Waals surface area contributed by atoms with Crippen molar-refractivity contribution in [3.8, 4) is 0 Å². The van der Waals surface area contributed by atoms with Crippen molar-refractivity contribution in [1.82, 2.24) is 4.90 Å². The summed E-state index contributed by atoms with van der Waals surface area (Å²) in [5.74, 6) is -0.0216. The molecule has 0 spiro atoms. The number of carbonyl (C=O) groups excluding carboxylic acids is 2. The third-order valence-corrected chi connectivity index (χ3v) is 5.29. The summed E-state index contributed by atoms with van der Waals surface area (Å²) in [5.41, 5.74) is 0. The second-order valence-corrected chi connectivity index (χ2v) is 7.11. The smallest absolute Gasteiger partial charge is 0.291 e. The highest BCUT2D eigenvalue weighted by atomic mass is 32.1. The van der Waals surface area contributed by atoms with E-state index in [0.717, 1.165) is 12.8 Å². The minimum Gasteiger partial charge on any atom is -0.459 e. The van der Waals surface area contributed by atoms with Crippen molar-refractivity contribution >= 4 is 28.2 Å². The average Bonchev–Trinajstić information content (AvgIpc) is 3.26. The quantitative estimate of drug-likeness (QED) is 0.890. The van der Waals surface area contributed by atoms with Gasteiger partial charge in [0.2, 0.25) is 0 Å². The van der Waals surface area contributed by atoms with Crippen molar-refractivity contribution in [3.63, 3.8) is 0 Å². The summed E-state index contributed by atoms with van der Waals surface area (Å²) in [5, 5.41) is 12.7. The maximum atomic E-state index is 12.7. The number of piperidine rings is 1. The Morgan fingerprint density at radius 2 is 2.21 bits per heavy atom. The van der Waals surface area contributed by atoms with Crippen molar-refractivity contribution in [2.45, 2.75) is 25.8 Å². The summed E-state index contributed by atoms with van der Waals surface area (Å²) in [4.78, 5) is 27.1. The molecule has 1 aliphatic heterocycles. The molecule has 6 nitrogen and oxygen atoms in total. The van der Waals surface area contributed by atoms with Gasteiger partial charge in [0.05, 0.1) is 16.1 Å². The van der Waals surface area contributed by atoms with Crippen LogP contribution >= 0.6 is 11.3 Å². The van der Waals surface area contributed by atoms with Crippen molar-refractivity contribution < 1.29 is 19.1 Å². The Morgan fingerprint density at radius 1 is 1.38 bits per heavy atom. The van der Waals surface area contributed by atoms with Gasteiger partial charge in [-0.05, 0) is 49.9 Å². The molecule has 2 unspecified atom stereocenters. The number of thiophene rings is 1. The molecule has 2 atom stereocenters. The molecule has 128 valence electrons. The molecule has 2 amide bonds. The second-order valence-electron chi connectivity index (χ2n) is 6.03. The lowest BCUT2D eigenvalue weighted by molar-refractivity contribution is 0.0493. The van der Waals surface area contributed by atoms with Gasteiger partial charge >= 0.3 is 0 Å². The monoisotopic (exact) mass is 348 g/mol. The van der Waals surface area contributed by atoms with E-state index in [9.17, 15) is 14.7 Å². The van der Waals surface area contributed by atoms with Gasteiger partial charge in [-0.3, -0.25) is 9.59 Å². The molecule has 0 aromatic carbocycles. The maximum absolute atomic E-state index is 12.7. The first kappa shape index (κ1) is 16.7. The van der Waals surface area contributed by atoms with E-state index in [1.165, 1.54) is 17.6 Å². The van der Waals surface area contributed by atoms with Crippen LogP contribution in [0, 0.1) is 5.92 Å². The first-order valence-electron chi connectivity index (χ1n) is 7.95. The number of nitrogens with one attached hydrogen (secondary N) is 1. The fourth-order valence-corrected chi connectivity index (χ4v) is 3.71. The van der Waals surface area contributed by atoms with Gasteiger partial charge in [0, 0.05) is 19.2 Å². The lowest BCUT2D eigenvalue weighted by Gasteiger charge is -2.37. The zero-order valence-electron chi connectivity index (χ0n) is 13.4. The first-order valence-corrected chi connectivity index (χ1v) is 8.76. The zero-order valence-corrected chi connectivity index (χ0v) is 14.2. The van der Waals surface area contributed by atoms with Crippen LogP contribution in [0.4, 0.5) is 5.00 Å². The van der Waals surface area contributed by atoms with Crippen LogP contribution in [0.15, 0.2) is 34.9 Å². The fraction of sp³-hybridized carbons (Fsp3) is 0.412. The van der Waals surface area contributed by atoms with Crippen LogP contribution in [0.1, 0.15) is 40.0 Å². The van der Waals surface area contributed by atoms with E-state index in [1.807, 2.05) is 11.8 Å². The van der Waals surface area contributed by atoms with Crippen LogP contribution in [0.2, 0.25) is 0 Å². The highest BCUT2D eigenvalue weighted by Crippen LogP contribution is 2.28. The Bertz CT molecular complexity index is 710. The standard InChI is InChI=1S/C17H20N2O4S/c1-11-4-5-12(10-20)9-19(11)17(22)14-6-7-15(24-14)18-16(21)13-3-2-8-23-13/h2-3,6-8,11-12,20H,4-5,9-10H2,1H3,(H,18,21). The molecule has 0 saturated carbocycles. The van der Waals surface area contributed by atoms with E-state index in [-0.39, 0.29) is 36.1 Å². The molecule has 0 aliphatic carbocycles. The summed E-state index contributed by atoms with van der Waals surface area (Å²) in [6.45, 7) is 2.70.